The molecule has 0 aliphatic heterocycles. The number of amides is 1. The molecule has 0 aromatic heterocycles. The molecule has 5 nitrogen and oxygen atoms in total. The van der Waals surface area contributed by atoms with Gasteiger partial charge in [0.25, 0.3) is 5.91 Å². The Hall–Kier alpha value is -1.37. The van der Waals surface area contributed by atoms with Crippen LogP contribution < -0.4 is 16.4 Å². The van der Waals surface area contributed by atoms with Crippen molar-refractivity contribution in [3.05, 3.63) is 35.4 Å². The molecule has 0 saturated carbocycles. The standard InChI is InChI=1S/C12H18BN3O2/c1-2-11(15-13)12(17)16-18-8-10-5-3-9(7-14)4-6-10/h3-6,11,15H,2,7-8,14H2,1H3,(H,16,17)/t11-/m1/s1. The molecule has 0 saturated heterocycles. The van der Waals surface area contributed by atoms with E-state index in [-0.39, 0.29) is 5.91 Å². The molecular formula is C12H18BN3O2. The molecule has 0 aliphatic carbocycles. The zero-order chi connectivity index (χ0) is 13.4. The third-order valence-electron chi connectivity index (χ3n) is 2.60. The van der Waals surface area contributed by atoms with Crippen LogP contribution in [0.1, 0.15) is 24.5 Å². The predicted molar refractivity (Wildman–Crippen MR) is 70.2 cm³/mol. The molecule has 0 fully saturated rings. The Kier molecular flexibility index (Phi) is 6.42. The van der Waals surface area contributed by atoms with Crippen LogP contribution in [0.15, 0.2) is 24.3 Å². The van der Waals surface area contributed by atoms with Crippen LogP contribution in [-0.2, 0) is 22.8 Å². The fourth-order valence-electron chi connectivity index (χ4n) is 1.41. The first-order valence-electron chi connectivity index (χ1n) is 5.87. The molecule has 96 valence electrons. The lowest BCUT2D eigenvalue weighted by molar-refractivity contribution is -0.136. The van der Waals surface area contributed by atoms with Crippen molar-refractivity contribution >= 4 is 13.9 Å². The maximum atomic E-state index is 11.5. The van der Waals surface area contributed by atoms with Crippen LogP contribution in [0.5, 0.6) is 0 Å². The van der Waals surface area contributed by atoms with Gasteiger partial charge in [0.05, 0.1) is 12.6 Å². The molecule has 1 atom stereocenters. The van der Waals surface area contributed by atoms with Crippen LogP contribution in [-0.4, -0.2) is 19.9 Å². The zero-order valence-corrected chi connectivity index (χ0v) is 10.5. The van der Waals surface area contributed by atoms with Gasteiger partial charge in [-0.1, -0.05) is 31.2 Å². The van der Waals surface area contributed by atoms with Gasteiger partial charge < -0.3 is 11.0 Å². The van der Waals surface area contributed by atoms with E-state index in [9.17, 15) is 4.79 Å². The summed E-state index contributed by atoms with van der Waals surface area (Å²) in [6.45, 7) is 2.67. The summed E-state index contributed by atoms with van der Waals surface area (Å²) in [4.78, 5) is 16.6. The Morgan fingerprint density at radius 2 is 2.00 bits per heavy atom. The van der Waals surface area contributed by atoms with Gasteiger partial charge in [0.15, 0.2) is 7.98 Å². The molecule has 1 aromatic carbocycles. The average Bonchev–Trinajstić information content (AvgIpc) is 2.41. The Morgan fingerprint density at radius 1 is 1.39 bits per heavy atom. The minimum absolute atomic E-state index is 0.279. The fourth-order valence-corrected chi connectivity index (χ4v) is 1.41. The van der Waals surface area contributed by atoms with Gasteiger partial charge in [0, 0.05) is 6.54 Å². The van der Waals surface area contributed by atoms with Crippen LogP contribution in [0.25, 0.3) is 0 Å². The number of nitrogens with two attached hydrogens (primary N) is 1. The van der Waals surface area contributed by atoms with Gasteiger partial charge in [-0.25, -0.2) is 5.48 Å². The van der Waals surface area contributed by atoms with Crippen LogP contribution in [0.3, 0.4) is 0 Å². The molecule has 4 N–H and O–H groups in total. The lowest BCUT2D eigenvalue weighted by Gasteiger charge is -2.13. The molecular weight excluding hydrogens is 229 g/mol. The number of hydrogen-bond donors (Lipinski definition) is 3. The van der Waals surface area contributed by atoms with Crippen LogP contribution in [0.4, 0.5) is 0 Å². The molecule has 0 aliphatic rings. The molecule has 1 amide bonds. The SMILES string of the molecule is [B]N[C@H](CC)C(=O)NOCc1ccc(CN)cc1. The number of nitrogens with one attached hydrogen (secondary N) is 2. The lowest BCUT2D eigenvalue weighted by Crippen LogP contribution is -2.42. The van der Waals surface area contributed by atoms with E-state index in [4.69, 9.17) is 18.6 Å². The van der Waals surface area contributed by atoms with Crippen molar-refractivity contribution in [2.24, 2.45) is 5.73 Å². The molecule has 2 radical (unpaired) electrons. The first-order chi connectivity index (χ1) is 8.71. The highest BCUT2D eigenvalue weighted by atomic mass is 16.6. The molecule has 1 rings (SSSR count). The van der Waals surface area contributed by atoms with Gasteiger partial charge in [0.1, 0.15) is 0 Å². The van der Waals surface area contributed by atoms with Crippen molar-refractivity contribution in [1.82, 2.24) is 10.7 Å². The highest BCUT2D eigenvalue weighted by Crippen LogP contribution is 2.04. The largest absolute Gasteiger partial charge is 0.356 e. The first-order valence-corrected chi connectivity index (χ1v) is 5.87. The van der Waals surface area contributed by atoms with E-state index in [2.05, 4.69) is 10.7 Å². The maximum Gasteiger partial charge on any atom is 0.259 e. The van der Waals surface area contributed by atoms with Gasteiger partial charge >= 0.3 is 0 Å². The van der Waals surface area contributed by atoms with E-state index in [0.717, 1.165) is 11.1 Å². The third kappa shape index (κ3) is 4.48. The number of carbonyl (C=O) groups excluding carboxylic acids is 1. The van der Waals surface area contributed by atoms with Gasteiger partial charge in [0.2, 0.25) is 0 Å². The number of rotatable bonds is 7. The summed E-state index contributed by atoms with van der Waals surface area (Å²) in [7, 11) is 5.22. The van der Waals surface area contributed by atoms with E-state index in [1.165, 1.54) is 0 Å². The third-order valence-corrected chi connectivity index (χ3v) is 2.60. The van der Waals surface area contributed by atoms with E-state index in [0.29, 0.717) is 19.6 Å². The van der Waals surface area contributed by atoms with Crippen LogP contribution in [0.2, 0.25) is 0 Å². The Bertz CT molecular complexity index is 366. The normalized spacial score (nSPS) is 12.1. The summed E-state index contributed by atoms with van der Waals surface area (Å²) in [5.41, 5.74) is 9.87. The summed E-state index contributed by atoms with van der Waals surface area (Å²) >= 11 is 0. The van der Waals surface area contributed by atoms with E-state index in [1.54, 1.807) is 0 Å². The van der Waals surface area contributed by atoms with E-state index < -0.39 is 6.04 Å². The van der Waals surface area contributed by atoms with Crippen LogP contribution >= 0.6 is 0 Å². The van der Waals surface area contributed by atoms with Crippen molar-refractivity contribution in [2.75, 3.05) is 0 Å². The van der Waals surface area contributed by atoms with Gasteiger partial charge in [-0.05, 0) is 17.5 Å². The summed E-state index contributed by atoms with van der Waals surface area (Å²) in [6, 6.07) is 7.23. The second-order valence-electron chi connectivity index (χ2n) is 3.90. The molecule has 0 spiro atoms. The Morgan fingerprint density at radius 3 is 2.50 bits per heavy atom. The van der Waals surface area contributed by atoms with Gasteiger partial charge in [-0.3, -0.25) is 9.63 Å². The minimum atomic E-state index is -0.440. The number of hydrogen-bond acceptors (Lipinski definition) is 4. The van der Waals surface area contributed by atoms with Crippen molar-refractivity contribution in [1.29, 1.82) is 0 Å². The number of carbonyl (C=O) groups is 1. The van der Waals surface area contributed by atoms with Crippen molar-refractivity contribution in [2.45, 2.75) is 32.5 Å². The average molecular weight is 247 g/mol. The molecule has 18 heavy (non-hydrogen) atoms. The molecule has 0 unspecified atom stereocenters. The van der Waals surface area contributed by atoms with E-state index in [1.807, 2.05) is 31.2 Å². The van der Waals surface area contributed by atoms with Crippen LogP contribution in [0, 0.1) is 0 Å². The molecule has 1 aromatic rings. The molecule has 6 heteroatoms. The topological polar surface area (TPSA) is 76.4 Å². The summed E-state index contributed by atoms with van der Waals surface area (Å²) in [6.07, 6.45) is 0.594. The highest BCUT2D eigenvalue weighted by molar-refractivity contribution is 6.06. The maximum absolute atomic E-state index is 11.5. The second-order valence-corrected chi connectivity index (χ2v) is 3.90. The van der Waals surface area contributed by atoms with Crippen molar-refractivity contribution in [3.63, 3.8) is 0 Å². The quantitative estimate of drug-likeness (QED) is 0.473. The molecule has 0 bridgehead atoms. The zero-order valence-electron chi connectivity index (χ0n) is 10.5. The first kappa shape index (κ1) is 14.7. The number of hydroxylamine groups is 1. The summed E-state index contributed by atoms with van der Waals surface area (Å²) in [5.74, 6) is -0.279. The minimum Gasteiger partial charge on any atom is -0.356 e. The number of benzene rings is 1. The predicted octanol–water partition coefficient (Wildman–Crippen LogP) is 0.145. The van der Waals surface area contributed by atoms with Gasteiger partial charge in [-0.15, -0.1) is 0 Å². The fraction of sp³-hybridized carbons (Fsp3) is 0.417. The van der Waals surface area contributed by atoms with Crippen molar-refractivity contribution < 1.29 is 9.63 Å². The van der Waals surface area contributed by atoms with Crippen molar-refractivity contribution in [3.8, 4) is 0 Å². The second kappa shape index (κ2) is 7.86. The summed E-state index contributed by atoms with van der Waals surface area (Å²) < 4.78 is 0. The Labute approximate surface area is 108 Å². The Balaban J connectivity index is 2.34. The van der Waals surface area contributed by atoms with Gasteiger partial charge in [-0.2, -0.15) is 0 Å². The summed E-state index contributed by atoms with van der Waals surface area (Å²) in [5, 5.41) is 2.41. The smallest absolute Gasteiger partial charge is 0.259 e. The highest BCUT2D eigenvalue weighted by Gasteiger charge is 2.12. The lowest BCUT2D eigenvalue weighted by atomic mass is 10.1. The molecule has 0 heterocycles. The monoisotopic (exact) mass is 247 g/mol. The van der Waals surface area contributed by atoms with E-state index >= 15 is 0 Å².